The minimum Gasteiger partial charge on any atom is -0.356 e. The van der Waals surface area contributed by atoms with E-state index in [4.69, 9.17) is 0 Å². The first-order valence-electron chi connectivity index (χ1n) is 11.1. The number of nitrogens with zero attached hydrogens (tertiary/aromatic N) is 1. The number of benzene rings is 1. The number of hydrogen-bond donors (Lipinski definition) is 2. The number of carbonyl (C=O) groups is 5. The van der Waals surface area contributed by atoms with Gasteiger partial charge in [-0.15, -0.1) is 0 Å². The highest BCUT2D eigenvalue weighted by atomic mass is 79.9. The Hall–Kier alpha value is -2.55. The third kappa shape index (κ3) is 5.62. The van der Waals surface area contributed by atoms with Crippen molar-refractivity contribution in [2.24, 2.45) is 0 Å². The standard InChI is InChI=1S/C23H28BrN3O5/c24-13-4-3-10-18(28)25-14-5-1-2-7-15-8-6-9-16-20(15)23(32)27(22(16)31)17-11-12-19(29)26-21(17)30/h6,8-9,17H,1-5,7,10-14H2,(H,25,28)(H,26,29,30). The molecule has 0 aliphatic carbocycles. The molecule has 1 saturated heterocycles. The van der Waals surface area contributed by atoms with Gasteiger partial charge in [-0.1, -0.05) is 34.5 Å². The van der Waals surface area contributed by atoms with Crippen LogP contribution in [0.2, 0.25) is 0 Å². The lowest BCUT2D eigenvalue weighted by Gasteiger charge is -2.27. The molecule has 1 fully saturated rings. The Morgan fingerprint density at radius 3 is 2.62 bits per heavy atom. The second-order valence-electron chi connectivity index (χ2n) is 8.09. The van der Waals surface area contributed by atoms with Crippen molar-refractivity contribution in [2.75, 3.05) is 11.9 Å². The maximum atomic E-state index is 13.1. The summed E-state index contributed by atoms with van der Waals surface area (Å²) in [5.74, 6) is -1.87. The summed E-state index contributed by atoms with van der Waals surface area (Å²) >= 11 is 3.35. The minimum atomic E-state index is -0.953. The van der Waals surface area contributed by atoms with Gasteiger partial charge >= 0.3 is 0 Å². The van der Waals surface area contributed by atoms with Gasteiger partial charge in [0.2, 0.25) is 17.7 Å². The van der Waals surface area contributed by atoms with Crippen LogP contribution in [-0.2, 0) is 20.8 Å². The van der Waals surface area contributed by atoms with Gasteiger partial charge in [0.05, 0.1) is 11.1 Å². The maximum absolute atomic E-state index is 13.1. The first kappa shape index (κ1) is 24.1. The van der Waals surface area contributed by atoms with E-state index < -0.39 is 29.7 Å². The van der Waals surface area contributed by atoms with Gasteiger partial charge in [0.1, 0.15) is 6.04 Å². The van der Waals surface area contributed by atoms with Crippen LogP contribution in [0.3, 0.4) is 0 Å². The summed E-state index contributed by atoms with van der Waals surface area (Å²) in [6, 6.07) is 4.24. The summed E-state index contributed by atoms with van der Waals surface area (Å²) in [7, 11) is 0. The SMILES string of the molecule is O=C(CCCCBr)NCCCCCc1cccc2c1C(=O)N(C1CCC(=O)NC1=O)C2=O. The fourth-order valence-corrected chi connectivity index (χ4v) is 4.50. The molecule has 0 spiro atoms. The van der Waals surface area contributed by atoms with E-state index in [1.807, 2.05) is 6.07 Å². The van der Waals surface area contributed by atoms with Crippen LogP contribution in [0.1, 0.15) is 77.6 Å². The van der Waals surface area contributed by atoms with E-state index in [0.29, 0.717) is 30.5 Å². The Morgan fingerprint density at radius 1 is 1.06 bits per heavy atom. The van der Waals surface area contributed by atoms with Crippen molar-refractivity contribution in [1.29, 1.82) is 0 Å². The molecule has 5 amide bonds. The van der Waals surface area contributed by atoms with Gasteiger partial charge in [0.15, 0.2) is 0 Å². The van der Waals surface area contributed by atoms with Gasteiger partial charge < -0.3 is 5.32 Å². The maximum Gasteiger partial charge on any atom is 0.262 e. The second kappa shape index (κ2) is 11.4. The molecule has 2 N–H and O–H groups in total. The molecule has 8 nitrogen and oxygen atoms in total. The number of carbonyl (C=O) groups excluding carboxylic acids is 5. The van der Waals surface area contributed by atoms with E-state index in [1.165, 1.54) is 0 Å². The van der Waals surface area contributed by atoms with Crippen molar-refractivity contribution in [2.45, 2.75) is 63.8 Å². The van der Waals surface area contributed by atoms with Crippen LogP contribution < -0.4 is 10.6 Å². The van der Waals surface area contributed by atoms with Crippen LogP contribution >= 0.6 is 15.9 Å². The van der Waals surface area contributed by atoms with Gasteiger partial charge in [0.25, 0.3) is 11.8 Å². The van der Waals surface area contributed by atoms with Gasteiger partial charge in [-0.2, -0.15) is 0 Å². The number of unbranched alkanes of at least 4 members (excludes halogenated alkanes) is 3. The summed E-state index contributed by atoms with van der Waals surface area (Å²) < 4.78 is 0. The zero-order valence-corrected chi connectivity index (χ0v) is 19.5. The number of alkyl halides is 1. The fraction of sp³-hybridized carbons (Fsp3) is 0.522. The lowest BCUT2D eigenvalue weighted by molar-refractivity contribution is -0.136. The molecule has 172 valence electrons. The van der Waals surface area contributed by atoms with Gasteiger partial charge in [-0.25, -0.2) is 0 Å². The van der Waals surface area contributed by atoms with Crippen molar-refractivity contribution in [3.8, 4) is 0 Å². The third-order valence-electron chi connectivity index (χ3n) is 5.79. The van der Waals surface area contributed by atoms with E-state index in [1.54, 1.807) is 12.1 Å². The van der Waals surface area contributed by atoms with Crippen molar-refractivity contribution < 1.29 is 24.0 Å². The van der Waals surface area contributed by atoms with Crippen molar-refractivity contribution in [3.63, 3.8) is 0 Å². The lowest BCUT2D eigenvalue weighted by atomic mass is 9.98. The molecule has 2 aliphatic heterocycles. The Morgan fingerprint density at radius 2 is 1.88 bits per heavy atom. The molecule has 2 heterocycles. The third-order valence-corrected chi connectivity index (χ3v) is 6.35. The zero-order chi connectivity index (χ0) is 23.1. The van der Waals surface area contributed by atoms with Gasteiger partial charge in [0, 0.05) is 24.7 Å². The number of aryl methyl sites for hydroxylation is 1. The predicted octanol–water partition coefficient (Wildman–Crippen LogP) is 2.48. The molecule has 0 radical (unpaired) electrons. The Labute approximate surface area is 195 Å². The quantitative estimate of drug-likeness (QED) is 0.272. The van der Waals surface area contributed by atoms with Crippen LogP contribution in [0.15, 0.2) is 18.2 Å². The van der Waals surface area contributed by atoms with E-state index in [-0.39, 0.29) is 18.7 Å². The molecule has 0 aromatic heterocycles. The number of amides is 5. The van der Waals surface area contributed by atoms with Crippen LogP contribution in [0, 0.1) is 0 Å². The molecular weight excluding hydrogens is 478 g/mol. The molecular formula is C23H28BrN3O5. The molecule has 0 saturated carbocycles. The normalized spacial score (nSPS) is 18.0. The molecule has 1 aromatic carbocycles. The summed E-state index contributed by atoms with van der Waals surface area (Å²) in [6.07, 6.45) is 5.81. The van der Waals surface area contributed by atoms with Crippen LogP contribution in [0.5, 0.6) is 0 Å². The number of imide groups is 2. The number of halogens is 1. The van der Waals surface area contributed by atoms with E-state index in [0.717, 1.165) is 47.9 Å². The summed E-state index contributed by atoms with van der Waals surface area (Å²) in [6.45, 7) is 0.626. The Kier molecular flexibility index (Phi) is 8.55. The Balaban J connectivity index is 1.52. The first-order chi connectivity index (χ1) is 15.4. The average Bonchev–Trinajstić information content (AvgIpc) is 3.02. The number of hydrogen-bond acceptors (Lipinski definition) is 5. The largest absolute Gasteiger partial charge is 0.356 e. The van der Waals surface area contributed by atoms with Crippen molar-refractivity contribution >= 4 is 45.5 Å². The fourth-order valence-electron chi connectivity index (χ4n) is 4.11. The number of rotatable bonds is 11. The highest BCUT2D eigenvalue weighted by Gasteiger charge is 2.45. The van der Waals surface area contributed by atoms with Gasteiger partial charge in [-0.05, 0) is 50.2 Å². The van der Waals surface area contributed by atoms with Gasteiger partial charge in [-0.3, -0.25) is 34.2 Å². The smallest absolute Gasteiger partial charge is 0.262 e. The topological polar surface area (TPSA) is 113 Å². The zero-order valence-electron chi connectivity index (χ0n) is 18.0. The lowest BCUT2D eigenvalue weighted by Crippen LogP contribution is -2.54. The second-order valence-corrected chi connectivity index (χ2v) is 8.89. The summed E-state index contributed by atoms with van der Waals surface area (Å²) in [5, 5.41) is 6.04. The van der Waals surface area contributed by atoms with E-state index >= 15 is 0 Å². The first-order valence-corrected chi connectivity index (χ1v) is 12.2. The van der Waals surface area contributed by atoms with Crippen LogP contribution in [0.4, 0.5) is 0 Å². The summed E-state index contributed by atoms with van der Waals surface area (Å²) in [4.78, 5) is 62.3. The Bertz CT molecular complexity index is 917. The molecule has 9 heteroatoms. The van der Waals surface area contributed by atoms with E-state index in [2.05, 4.69) is 26.6 Å². The molecule has 1 aromatic rings. The van der Waals surface area contributed by atoms with E-state index in [9.17, 15) is 24.0 Å². The molecule has 3 rings (SSSR count). The van der Waals surface area contributed by atoms with Crippen LogP contribution in [0.25, 0.3) is 0 Å². The molecule has 2 aliphatic rings. The highest BCUT2D eigenvalue weighted by Crippen LogP contribution is 2.30. The minimum absolute atomic E-state index is 0.0736. The summed E-state index contributed by atoms with van der Waals surface area (Å²) in [5.41, 5.74) is 1.46. The van der Waals surface area contributed by atoms with Crippen molar-refractivity contribution in [3.05, 3.63) is 34.9 Å². The molecule has 1 atom stereocenters. The van der Waals surface area contributed by atoms with Crippen molar-refractivity contribution in [1.82, 2.24) is 15.5 Å². The molecule has 1 unspecified atom stereocenters. The van der Waals surface area contributed by atoms with Crippen LogP contribution in [-0.4, -0.2) is 52.4 Å². The molecule has 32 heavy (non-hydrogen) atoms. The molecule has 0 bridgehead atoms. The average molecular weight is 506 g/mol. The number of fused-ring (bicyclic) bond motifs is 1. The number of piperidine rings is 1. The monoisotopic (exact) mass is 505 g/mol. The highest BCUT2D eigenvalue weighted by molar-refractivity contribution is 9.09. The number of nitrogens with one attached hydrogen (secondary N) is 2. The predicted molar refractivity (Wildman–Crippen MR) is 121 cm³/mol.